The van der Waals surface area contributed by atoms with Crippen LogP contribution in [0.4, 0.5) is 11.4 Å². The second-order valence-corrected chi connectivity index (χ2v) is 24.9. The Hall–Kier alpha value is -6.78. The van der Waals surface area contributed by atoms with E-state index in [1.54, 1.807) is 0 Å². The number of rotatable bonds is 3. The predicted octanol–water partition coefficient (Wildman–Crippen LogP) is 16.1. The number of hydrogen-bond acceptors (Lipinski definition) is 2. The average Bonchev–Trinajstić information content (AvgIpc) is 4.01. The summed E-state index contributed by atoms with van der Waals surface area (Å²) < 4.78 is 9.51. The molecule has 0 fully saturated rings. The fraction of sp³-hybridized carbons (Fsp3) is 0.273. The highest BCUT2D eigenvalue weighted by atomic mass is 16.3. The summed E-state index contributed by atoms with van der Waals surface area (Å²) in [6.45, 7) is 26.4. The van der Waals surface area contributed by atoms with Gasteiger partial charge in [0.25, 0.3) is 0 Å². The van der Waals surface area contributed by atoms with E-state index in [1.807, 2.05) is 0 Å². The van der Waals surface area contributed by atoms with Crippen molar-refractivity contribution in [2.75, 3.05) is 5.32 Å². The molecule has 2 aromatic heterocycles. The average molecular weight is 909 g/mol. The summed E-state index contributed by atoms with van der Waals surface area (Å²) in [7, 11) is 0.814. The van der Waals surface area contributed by atoms with Crippen molar-refractivity contribution >= 4 is 73.3 Å². The fourth-order valence-electron chi connectivity index (χ4n) is 13.8. The third-order valence-electron chi connectivity index (χ3n) is 18.0. The van der Waals surface area contributed by atoms with Gasteiger partial charge in [-0.25, -0.2) is 0 Å². The molecule has 344 valence electrons. The number of hydrogen-bond donors (Lipinski definition) is 1. The number of para-hydroxylation sites is 1. The molecule has 0 radical (unpaired) electrons. The van der Waals surface area contributed by atoms with Gasteiger partial charge in [0.15, 0.2) is 7.28 Å². The molecule has 0 bridgehead atoms. The summed E-state index contributed by atoms with van der Waals surface area (Å²) in [4.78, 5) is 0. The van der Waals surface area contributed by atoms with E-state index in [1.165, 1.54) is 124 Å². The van der Waals surface area contributed by atoms with Crippen LogP contribution in [0.3, 0.4) is 0 Å². The first-order chi connectivity index (χ1) is 33.3. The molecule has 0 atom stereocenters. The van der Waals surface area contributed by atoms with Crippen molar-refractivity contribution in [2.45, 2.75) is 116 Å². The Labute approximate surface area is 413 Å². The number of furan rings is 1. The van der Waals surface area contributed by atoms with Gasteiger partial charge in [0.2, 0.25) is 0 Å². The van der Waals surface area contributed by atoms with Gasteiger partial charge in [-0.2, -0.15) is 0 Å². The second kappa shape index (κ2) is 13.5. The molecular formula is C66H61BN2O. The molecule has 8 aromatic carbocycles. The molecule has 1 aliphatic heterocycles. The van der Waals surface area contributed by atoms with Gasteiger partial charge in [-0.15, -0.1) is 0 Å². The largest absolute Gasteiger partial charge is 0.455 e. The number of benzene rings is 8. The minimum atomic E-state index is -0.199. The topological polar surface area (TPSA) is 30.1 Å². The first kappa shape index (κ1) is 42.1. The van der Waals surface area contributed by atoms with Crippen molar-refractivity contribution < 1.29 is 4.42 Å². The predicted molar refractivity (Wildman–Crippen MR) is 299 cm³/mol. The second-order valence-electron chi connectivity index (χ2n) is 24.9. The van der Waals surface area contributed by atoms with Crippen LogP contribution in [0.5, 0.6) is 0 Å². The molecule has 14 rings (SSSR count). The maximum absolute atomic E-state index is 6.90. The van der Waals surface area contributed by atoms with E-state index >= 15 is 0 Å². The van der Waals surface area contributed by atoms with Gasteiger partial charge in [-0.05, 0) is 156 Å². The first-order valence-electron chi connectivity index (χ1n) is 25.8. The maximum Gasteiger partial charge on any atom is 0.198 e. The SMILES string of the molecule is CC(C)(C)c1ccc(Nc2cc3c(cc2-c2ccc4c5c6oc7ccccc7c6ccc5n5c4c2Bc2cc4c(cc2-5)C(C)(C)c2ccccc2-4)C(C)(C)c2cc4c(cc2-3)C(C)(C)CCC4(C)C)cc1. The molecule has 4 heteroatoms. The third kappa shape index (κ3) is 5.54. The zero-order valence-corrected chi connectivity index (χ0v) is 42.7. The van der Waals surface area contributed by atoms with Crippen molar-refractivity contribution in [2.24, 2.45) is 0 Å². The zero-order valence-electron chi connectivity index (χ0n) is 42.7. The van der Waals surface area contributed by atoms with Gasteiger partial charge in [-0.3, -0.25) is 0 Å². The van der Waals surface area contributed by atoms with E-state index in [9.17, 15) is 0 Å². The lowest BCUT2D eigenvalue weighted by molar-refractivity contribution is 0.331. The molecule has 3 nitrogen and oxygen atoms in total. The minimum absolute atomic E-state index is 0.0623. The van der Waals surface area contributed by atoms with Crippen LogP contribution in [-0.2, 0) is 27.1 Å². The van der Waals surface area contributed by atoms with Crippen molar-refractivity contribution in [3.8, 4) is 39.1 Å². The number of fused-ring (bicyclic) bond motifs is 16. The zero-order chi connectivity index (χ0) is 48.2. The number of aromatic nitrogens is 1. The van der Waals surface area contributed by atoms with E-state index in [-0.39, 0.29) is 27.1 Å². The Morgan fingerprint density at radius 1 is 0.529 bits per heavy atom. The molecule has 4 aliphatic rings. The van der Waals surface area contributed by atoms with Crippen LogP contribution in [0.25, 0.3) is 82.8 Å². The maximum atomic E-state index is 6.90. The molecule has 0 saturated heterocycles. The van der Waals surface area contributed by atoms with Gasteiger partial charge in [0.1, 0.15) is 11.2 Å². The lowest BCUT2D eigenvalue weighted by atomic mass is 9.58. The Balaban J connectivity index is 1.06. The summed E-state index contributed by atoms with van der Waals surface area (Å²) in [5.41, 5.74) is 28.5. The fourth-order valence-corrected chi connectivity index (χ4v) is 13.8. The lowest BCUT2D eigenvalue weighted by Crippen LogP contribution is -2.37. The summed E-state index contributed by atoms with van der Waals surface area (Å²) >= 11 is 0. The van der Waals surface area contributed by atoms with E-state index in [0.717, 1.165) is 40.6 Å². The normalized spacial score (nSPS) is 17.2. The van der Waals surface area contributed by atoms with Crippen LogP contribution in [0, 0.1) is 0 Å². The highest BCUT2D eigenvalue weighted by Gasteiger charge is 2.44. The van der Waals surface area contributed by atoms with Crippen LogP contribution in [0.1, 0.15) is 128 Å². The lowest BCUT2D eigenvalue weighted by Gasteiger charge is -2.42. The Morgan fingerprint density at radius 3 is 1.93 bits per heavy atom. The van der Waals surface area contributed by atoms with Gasteiger partial charge >= 0.3 is 0 Å². The van der Waals surface area contributed by atoms with Crippen LogP contribution < -0.4 is 16.2 Å². The van der Waals surface area contributed by atoms with E-state index in [4.69, 9.17) is 4.42 Å². The number of anilines is 2. The van der Waals surface area contributed by atoms with E-state index < -0.39 is 0 Å². The quantitative estimate of drug-likeness (QED) is 0.179. The van der Waals surface area contributed by atoms with Crippen molar-refractivity contribution in [1.82, 2.24) is 4.57 Å². The van der Waals surface area contributed by atoms with E-state index in [0.29, 0.717) is 0 Å². The molecule has 0 saturated carbocycles. The number of nitrogens with zero attached hydrogens (tertiary/aromatic N) is 1. The van der Waals surface area contributed by atoms with Crippen LogP contribution in [0.15, 0.2) is 138 Å². The Kier molecular flexibility index (Phi) is 8.15. The highest BCUT2D eigenvalue weighted by Crippen LogP contribution is 2.57. The smallest absolute Gasteiger partial charge is 0.198 e. The third-order valence-corrected chi connectivity index (χ3v) is 18.0. The summed E-state index contributed by atoms with van der Waals surface area (Å²) in [6, 6.07) is 51.6. The molecular weight excluding hydrogens is 848 g/mol. The molecule has 0 unspecified atom stereocenters. The van der Waals surface area contributed by atoms with Crippen molar-refractivity contribution in [1.29, 1.82) is 0 Å². The standard InChI is InChI=1S/C66H61BN2O/c1-62(2,3)36-20-22-37(23-21-36)68-54-33-45-43-30-51-52(64(6,7)29-28-63(51,4)5)34-49(43)66(10,11)48(45)31-46(54)40-24-25-42-58-55(27-26-41-39-17-13-15-19-57(39)70-61(41)58)69-56-35-50-44(32-53(56)67-59(40)60(42)69)38-16-12-14-18-47(38)65(50,8)9/h12-27,30-35,67-68H,28-29H2,1-11H3. The van der Waals surface area contributed by atoms with Crippen LogP contribution >= 0.6 is 0 Å². The molecule has 10 aromatic rings. The van der Waals surface area contributed by atoms with Crippen molar-refractivity contribution in [3.63, 3.8) is 0 Å². The number of nitrogens with one attached hydrogen (secondary N) is 1. The Morgan fingerprint density at radius 2 is 1.16 bits per heavy atom. The van der Waals surface area contributed by atoms with Gasteiger partial charge < -0.3 is 14.3 Å². The van der Waals surface area contributed by atoms with Gasteiger partial charge in [-0.1, -0.05) is 160 Å². The first-order valence-corrected chi connectivity index (χ1v) is 25.8. The highest BCUT2D eigenvalue weighted by molar-refractivity contribution is 6.73. The Bertz CT molecular complexity index is 3970. The molecule has 3 aliphatic carbocycles. The van der Waals surface area contributed by atoms with Gasteiger partial charge in [0, 0.05) is 55.1 Å². The summed E-state index contributed by atoms with van der Waals surface area (Å²) in [5.74, 6) is 0. The summed E-state index contributed by atoms with van der Waals surface area (Å²) in [5, 5.41) is 8.82. The molecule has 0 spiro atoms. The van der Waals surface area contributed by atoms with Crippen molar-refractivity contribution in [3.05, 3.63) is 172 Å². The molecule has 70 heavy (non-hydrogen) atoms. The summed E-state index contributed by atoms with van der Waals surface area (Å²) in [6.07, 6.45) is 2.39. The van der Waals surface area contributed by atoms with E-state index in [2.05, 4.69) is 220 Å². The monoisotopic (exact) mass is 908 g/mol. The molecule has 0 amide bonds. The van der Waals surface area contributed by atoms with Crippen LogP contribution in [0.2, 0.25) is 0 Å². The van der Waals surface area contributed by atoms with Gasteiger partial charge in [0.05, 0.1) is 10.9 Å². The van der Waals surface area contributed by atoms with Crippen LogP contribution in [-0.4, -0.2) is 11.8 Å². The minimum Gasteiger partial charge on any atom is -0.455 e. The molecule has 1 N–H and O–H groups in total. The molecule has 3 heterocycles.